The molecule has 1 amide bonds. The molecule has 1 aliphatic rings. The van der Waals surface area contributed by atoms with Gasteiger partial charge in [0.2, 0.25) is 5.91 Å². The first-order valence-corrected chi connectivity index (χ1v) is 12.6. The molecule has 202 valence electrons. The molecule has 7 nitrogen and oxygen atoms in total. The molecular weight excluding hydrogens is 468 g/mol. The Bertz CT molecular complexity index is 774. The van der Waals surface area contributed by atoms with E-state index in [4.69, 9.17) is 19.9 Å². The molecule has 0 saturated carbocycles. The van der Waals surface area contributed by atoms with Crippen LogP contribution in [-0.4, -0.2) is 68.6 Å². The van der Waals surface area contributed by atoms with Gasteiger partial charge in [0.1, 0.15) is 0 Å². The normalized spacial score (nSPS) is 18.1. The number of carbonyl (C=O) groups excluding carboxylic acids is 1. The molecule has 35 heavy (non-hydrogen) atoms. The highest BCUT2D eigenvalue weighted by atomic mass is 35.5. The second-order valence-electron chi connectivity index (χ2n) is 10.6. The number of ether oxygens (including phenoxy) is 3. The Morgan fingerprint density at radius 3 is 2.51 bits per heavy atom. The molecule has 3 atom stereocenters. The van der Waals surface area contributed by atoms with Crippen molar-refractivity contribution in [2.75, 3.05) is 40.5 Å². The molecule has 1 fully saturated rings. The van der Waals surface area contributed by atoms with Gasteiger partial charge in [-0.15, -0.1) is 12.4 Å². The number of hydrogen-bond donors (Lipinski definition) is 2. The van der Waals surface area contributed by atoms with E-state index in [0.29, 0.717) is 44.4 Å². The van der Waals surface area contributed by atoms with Gasteiger partial charge in [-0.3, -0.25) is 4.79 Å². The lowest BCUT2D eigenvalue weighted by Gasteiger charge is -2.39. The Kier molecular flexibility index (Phi) is 13.4. The van der Waals surface area contributed by atoms with Crippen molar-refractivity contribution in [3.63, 3.8) is 0 Å². The highest BCUT2D eigenvalue weighted by Crippen LogP contribution is 2.32. The van der Waals surface area contributed by atoms with E-state index in [1.807, 2.05) is 26.0 Å². The minimum absolute atomic E-state index is 0. The molecule has 1 aliphatic heterocycles. The number of nitrogens with two attached hydrogens (primary N) is 1. The van der Waals surface area contributed by atoms with Gasteiger partial charge in [-0.1, -0.05) is 33.8 Å². The molecule has 3 unspecified atom stereocenters. The van der Waals surface area contributed by atoms with Gasteiger partial charge < -0.3 is 30.0 Å². The minimum Gasteiger partial charge on any atom is -0.493 e. The van der Waals surface area contributed by atoms with Gasteiger partial charge in [0.05, 0.1) is 19.8 Å². The fourth-order valence-corrected chi connectivity index (χ4v) is 4.63. The van der Waals surface area contributed by atoms with Crippen LogP contribution in [0, 0.1) is 17.3 Å². The predicted octanol–water partition coefficient (Wildman–Crippen LogP) is 4.07. The van der Waals surface area contributed by atoms with Crippen molar-refractivity contribution in [1.82, 2.24) is 4.90 Å². The maximum atomic E-state index is 12.7. The molecule has 0 aliphatic carbocycles. The molecule has 1 saturated heterocycles. The molecular formula is C27H47ClN2O5. The summed E-state index contributed by atoms with van der Waals surface area (Å²) >= 11 is 0. The fourth-order valence-electron chi connectivity index (χ4n) is 4.63. The summed E-state index contributed by atoms with van der Waals surface area (Å²) in [6, 6.07) is 5.65. The number of aliphatic hydroxyl groups excluding tert-OH is 1. The molecule has 0 radical (unpaired) electrons. The number of halogens is 1. The number of piperidine rings is 1. The number of carbonyl (C=O) groups is 1. The average molecular weight is 515 g/mol. The molecule has 1 aromatic rings. The highest BCUT2D eigenvalue weighted by Gasteiger charge is 2.37. The number of rotatable bonds is 14. The number of amides is 1. The Morgan fingerprint density at radius 1 is 1.17 bits per heavy atom. The first kappa shape index (κ1) is 31.5. The van der Waals surface area contributed by atoms with Crippen LogP contribution in [0.3, 0.4) is 0 Å². The molecule has 0 aromatic heterocycles. The van der Waals surface area contributed by atoms with Crippen LogP contribution in [-0.2, 0) is 16.0 Å². The lowest BCUT2D eigenvalue weighted by molar-refractivity contribution is -0.145. The summed E-state index contributed by atoms with van der Waals surface area (Å²) in [6.45, 7) is 10.5. The maximum absolute atomic E-state index is 12.7. The highest BCUT2D eigenvalue weighted by molar-refractivity contribution is 5.85. The standard InChI is InChI=1S/C27H46N2O5.ClH/c1-19(2)21(15-20-9-10-24(33-6)25(16-20)34-14-8-13-32-5)17-22(28)23(30)18-29-12-7-11-27(3,4)26(29)31;/h9-10,16,19,21-23,30H,7-8,11-15,17-18,28H2,1-6H3;1H. The second-order valence-corrected chi connectivity index (χ2v) is 10.6. The van der Waals surface area contributed by atoms with Crippen LogP contribution >= 0.6 is 12.4 Å². The van der Waals surface area contributed by atoms with Gasteiger partial charge in [0.25, 0.3) is 0 Å². The number of nitrogens with zero attached hydrogens (tertiary/aromatic N) is 1. The number of aliphatic hydroxyl groups is 1. The van der Waals surface area contributed by atoms with Crippen LogP contribution in [0.5, 0.6) is 11.5 Å². The van der Waals surface area contributed by atoms with Gasteiger partial charge in [0.15, 0.2) is 11.5 Å². The zero-order chi connectivity index (χ0) is 25.3. The monoisotopic (exact) mass is 514 g/mol. The lowest BCUT2D eigenvalue weighted by atomic mass is 9.82. The van der Waals surface area contributed by atoms with Gasteiger partial charge in [-0.2, -0.15) is 0 Å². The summed E-state index contributed by atoms with van der Waals surface area (Å²) in [6.07, 6.45) is 3.42. The quantitative estimate of drug-likeness (QED) is 0.363. The maximum Gasteiger partial charge on any atom is 0.228 e. The van der Waals surface area contributed by atoms with E-state index in [9.17, 15) is 9.90 Å². The predicted molar refractivity (Wildman–Crippen MR) is 142 cm³/mol. The van der Waals surface area contributed by atoms with Gasteiger partial charge >= 0.3 is 0 Å². The SMILES string of the molecule is COCCCOc1cc(CC(CC(N)C(O)CN2CCCC(C)(C)C2=O)C(C)C)ccc1OC.Cl. The van der Waals surface area contributed by atoms with Crippen molar-refractivity contribution < 1.29 is 24.1 Å². The van der Waals surface area contributed by atoms with Crippen LogP contribution in [0.25, 0.3) is 0 Å². The number of benzene rings is 1. The summed E-state index contributed by atoms with van der Waals surface area (Å²) in [5, 5.41) is 10.8. The summed E-state index contributed by atoms with van der Waals surface area (Å²) < 4.78 is 16.5. The topological polar surface area (TPSA) is 94.3 Å². The molecule has 1 aromatic carbocycles. The Balaban J connectivity index is 0.00000612. The third-order valence-corrected chi connectivity index (χ3v) is 6.99. The fraction of sp³-hybridized carbons (Fsp3) is 0.741. The minimum atomic E-state index is -0.741. The number of hydrogen-bond acceptors (Lipinski definition) is 6. The summed E-state index contributed by atoms with van der Waals surface area (Å²) in [5.41, 5.74) is 7.25. The van der Waals surface area contributed by atoms with E-state index in [1.54, 1.807) is 19.1 Å². The molecule has 0 bridgehead atoms. The second kappa shape index (κ2) is 14.9. The van der Waals surface area contributed by atoms with E-state index >= 15 is 0 Å². The van der Waals surface area contributed by atoms with E-state index in [1.165, 1.54) is 0 Å². The molecule has 8 heteroatoms. The van der Waals surface area contributed by atoms with Crippen LogP contribution in [0.1, 0.15) is 58.9 Å². The summed E-state index contributed by atoms with van der Waals surface area (Å²) in [7, 11) is 3.32. The van der Waals surface area contributed by atoms with Crippen LogP contribution < -0.4 is 15.2 Å². The van der Waals surface area contributed by atoms with Gasteiger partial charge in [-0.05, 0) is 55.2 Å². The third kappa shape index (κ3) is 9.45. The van der Waals surface area contributed by atoms with Crippen molar-refractivity contribution >= 4 is 18.3 Å². The van der Waals surface area contributed by atoms with Gasteiger partial charge in [0, 0.05) is 44.7 Å². The van der Waals surface area contributed by atoms with E-state index in [2.05, 4.69) is 19.9 Å². The third-order valence-electron chi connectivity index (χ3n) is 6.99. The van der Waals surface area contributed by atoms with Crippen LogP contribution in [0.4, 0.5) is 0 Å². The average Bonchev–Trinajstić information content (AvgIpc) is 2.79. The largest absolute Gasteiger partial charge is 0.493 e. The van der Waals surface area contributed by atoms with Crippen molar-refractivity contribution in [1.29, 1.82) is 0 Å². The Hall–Kier alpha value is -1.54. The summed E-state index contributed by atoms with van der Waals surface area (Å²) in [5.74, 6) is 2.23. The first-order valence-electron chi connectivity index (χ1n) is 12.6. The van der Waals surface area contributed by atoms with E-state index in [-0.39, 0.29) is 29.6 Å². The number of likely N-dealkylation sites (tertiary alicyclic amines) is 1. The number of methoxy groups -OCH3 is 2. The molecule has 0 spiro atoms. The van der Waals surface area contributed by atoms with Crippen molar-refractivity contribution in [2.24, 2.45) is 23.0 Å². The molecule has 3 N–H and O–H groups in total. The van der Waals surface area contributed by atoms with E-state index in [0.717, 1.165) is 37.0 Å². The van der Waals surface area contributed by atoms with Crippen molar-refractivity contribution in [3.05, 3.63) is 23.8 Å². The Labute approximate surface area is 218 Å². The zero-order valence-corrected chi connectivity index (χ0v) is 23.2. The van der Waals surface area contributed by atoms with E-state index < -0.39 is 12.1 Å². The first-order chi connectivity index (χ1) is 16.1. The van der Waals surface area contributed by atoms with Crippen LogP contribution in [0.2, 0.25) is 0 Å². The zero-order valence-electron chi connectivity index (χ0n) is 22.4. The van der Waals surface area contributed by atoms with Crippen LogP contribution in [0.15, 0.2) is 18.2 Å². The van der Waals surface area contributed by atoms with Crippen molar-refractivity contribution in [3.8, 4) is 11.5 Å². The molecule has 2 rings (SSSR count). The molecule has 1 heterocycles. The summed E-state index contributed by atoms with van der Waals surface area (Å²) in [4.78, 5) is 14.5. The lowest BCUT2D eigenvalue weighted by Crippen LogP contribution is -2.52. The van der Waals surface area contributed by atoms with Crippen molar-refractivity contribution in [2.45, 2.75) is 71.9 Å². The van der Waals surface area contributed by atoms with Gasteiger partial charge in [-0.25, -0.2) is 0 Å². The number of β-amino-alcohol motifs (C(OH)–C–C–N with tert-alkyl or cyclic N) is 1. The Morgan fingerprint density at radius 2 is 1.89 bits per heavy atom. The smallest absolute Gasteiger partial charge is 0.228 e.